The maximum absolute atomic E-state index is 13.7. The number of rotatable bonds is 6. The highest BCUT2D eigenvalue weighted by Crippen LogP contribution is 2.38. The molecule has 0 radical (unpaired) electrons. The molecular formula is C31H31ClF3N5O2. The molecular weight excluding hydrogens is 567 g/mol. The number of halogens is 4. The van der Waals surface area contributed by atoms with Crippen LogP contribution in [0.2, 0.25) is 5.02 Å². The maximum Gasteiger partial charge on any atom is 0.417 e. The number of carbonyl (C=O) groups excluding carboxylic acids is 1. The lowest BCUT2D eigenvalue weighted by molar-refractivity contribution is -0.139. The van der Waals surface area contributed by atoms with E-state index in [1.807, 2.05) is 42.2 Å². The number of alkyl halides is 3. The van der Waals surface area contributed by atoms with Crippen LogP contribution in [0.1, 0.15) is 48.8 Å². The molecule has 2 saturated heterocycles. The van der Waals surface area contributed by atoms with Crippen LogP contribution in [-0.2, 0) is 11.0 Å². The number of pyridine rings is 2. The lowest BCUT2D eigenvalue weighted by Gasteiger charge is -2.43. The van der Waals surface area contributed by atoms with Crippen LogP contribution >= 0.6 is 11.6 Å². The molecule has 3 aromatic rings. The molecule has 1 amide bonds. The zero-order chi connectivity index (χ0) is 29.9. The molecule has 0 bridgehead atoms. The summed E-state index contributed by atoms with van der Waals surface area (Å²) in [4.78, 5) is 26.0. The lowest BCUT2D eigenvalue weighted by Crippen LogP contribution is -2.49. The van der Waals surface area contributed by atoms with E-state index >= 15 is 0 Å². The topological polar surface area (TPSA) is 82.4 Å². The average Bonchev–Trinajstić information content (AvgIpc) is 3.01. The monoisotopic (exact) mass is 597 g/mol. The van der Waals surface area contributed by atoms with Gasteiger partial charge in [0.15, 0.2) is 0 Å². The Kier molecular flexibility index (Phi) is 8.88. The number of piperidine rings is 2. The van der Waals surface area contributed by atoms with Crippen molar-refractivity contribution >= 4 is 23.3 Å². The minimum atomic E-state index is -4.46. The Balaban J connectivity index is 1.25. The third-order valence-electron chi connectivity index (χ3n) is 8.29. The molecule has 3 unspecified atom stereocenters. The summed E-state index contributed by atoms with van der Waals surface area (Å²) in [5, 5.41) is 9.62. The van der Waals surface area contributed by atoms with E-state index in [-0.39, 0.29) is 35.6 Å². The zero-order valence-corrected chi connectivity index (χ0v) is 23.9. The summed E-state index contributed by atoms with van der Waals surface area (Å²) < 4.78 is 44.9. The van der Waals surface area contributed by atoms with Crippen molar-refractivity contribution in [3.05, 3.63) is 82.6 Å². The van der Waals surface area contributed by atoms with Gasteiger partial charge in [0.1, 0.15) is 18.0 Å². The van der Waals surface area contributed by atoms with Gasteiger partial charge >= 0.3 is 6.18 Å². The van der Waals surface area contributed by atoms with Crippen LogP contribution in [-0.4, -0.2) is 53.1 Å². The largest absolute Gasteiger partial charge is 0.474 e. The number of carbonyl (C=O) groups is 1. The Labute approximate surface area is 247 Å². The first-order chi connectivity index (χ1) is 20.1. The number of nitrogens with zero attached hydrogens (tertiary/aromatic N) is 5. The van der Waals surface area contributed by atoms with Crippen LogP contribution in [0, 0.1) is 23.2 Å². The average molecular weight is 598 g/mol. The second kappa shape index (κ2) is 12.6. The maximum atomic E-state index is 13.7. The van der Waals surface area contributed by atoms with Crippen LogP contribution in [0.3, 0.4) is 0 Å². The summed E-state index contributed by atoms with van der Waals surface area (Å²) in [7, 11) is 0. The normalized spacial score (nSPS) is 20.6. The first-order valence-corrected chi connectivity index (χ1v) is 14.4. The Hall–Kier alpha value is -3.84. The van der Waals surface area contributed by atoms with E-state index in [2.05, 4.69) is 20.9 Å². The van der Waals surface area contributed by atoms with Crippen LogP contribution in [0.25, 0.3) is 0 Å². The van der Waals surface area contributed by atoms with Crippen molar-refractivity contribution in [3.8, 4) is 11.9 Å². The Morgan fingerprint density at radius 1 is 1.02 bits per heavy atom. The third-order valence-corrected chi connectivity index (χ3v) is 8.55. The van der Waals surface area contributed by atoms with Gasteiger partial charge in [0.25, 0.3) is 0 Å². The van der Waals surface area contributed by atoms with E-state index in [4.69, 9.17) is 21.6 Å². The highest BCUT2D eigenvalue weighted by molar-refractivity contribution is 6.30. The van der Waals surface area contributed by atoms with Crippen molar-refractivity contribution in [2.75, 3.05) is 31.1 Å². The number of aromatic nitrogens is 2. The summed E-state index contributed by atoms with van der Waals surface area (Å²) in [6.45, 7) is 4.39. The fourth-order valence-corrected chi connectivity index (χ4v) is 6.07. The quantitative estimate of drug-likeness (QED) is 0.330. The first-order valence-electron chi connectivity index (χ1n) is 14.0. The Bertz CT molecular complexity index is 1400. The summed E-state index contributed by atoms with van der Waals surface area (Å²) in [6.07, 6.45) is -0.372. The smallest absolute Gasteiger partial charge is 0.417 e. The molecule has 0 N–H and O–H groups in total. The number of nitriles is 1. The second-order valence-electron chi connectivity index (χ2n) is 10.9. The summed E-state index contributed by atoms with van der Waals surface area (Å²) >= 11 is 6.15. The number of amides is 1. The zero-order valence-electron chi connectivity index (χ0n) is 23.1. The van der Waals surface area contributed by atoms with Gasteiger partial charge in [-0.1, -0.05) is 23.7 Å². The van der Waals surface area contributed by atoms with Crippen LogP contribution in [0.15, 0.2) is 60.9 Å². The van der Waals surface area contributed by atoms with Crippen molar-refractivity contribution in [1.29, 1.82) is 5.26 Å². The van der Waals surface area contributed by atoms with Crippen molar-refractivity contribution < 1.29 is 22.7 Å². The molecule has 11 heteroatoms. The van der Waals surface area contributed by atoms with Gasteiger partial charge in [0.05, 0.1) is 11.1 Å². The predicted octanol–water partition coefficient (Wildman–Crippen LogP) is 6.34. The molecule has 2 aliphatic heterocycles. The summed E-state index contributed by atoms with van der Waals surface area (Å²) in [5.41, 5.74) is 0.713. The number of likely N-dealkylation sites (tertiary alicyclic amines) is 1. The van der Waals surface area contributed by atoms with E-state index in [1.54, 1.807) is 12.3 Å². The molecule has 7 nitrogen and oxygen atoms in total. The molecule has 4 heterocycles. The van der Waals surface area contributed by atoms with Gasteiger partial charge in [-0.25, -0.2) is 9.97 Å². The Morgan fingerprint density at radius 2 is 1.76 bits per heavy atom. The molecule has 1 aromatic carbocycles. The first kappa shape index (κ1) is 29.6. The molecule has 2 fully saturated rings. The minimum absolute atomic E-state index is 0.00335. The SMILES string of the molecule is CC(Oc1ccc(C(F)(F)F)cn1)C1CCN(C(=O)C2CCN(c3ccc(C#N)cn3)CC2)CC1c1ccc(Cl)cc1. The third kappa shape index (κ3) is 6.79. The van der Waals surface area contributed by atoms with Gasteiger partial charge < -0.3 is 14.5 Å². The lowest BCUT2D eigenvalue weighted by atomic mass is 9.77. The molecule has 42 heavy (non-hydrogen) atoms. The fourth-order valence-electron chi connectivity index (χ4n) is 5.94. The predicted molar refractivity (Wildman–Crippen MR) is 152 cm³/mol. The number of hydrogen-bond acceptors (Lipinski definition) is 6. The van der Waals surface area contributed by atoms with Crippen molar-refractivity contribution in [1.82, 2.24) is 14.9 Å². The van der Waals surface area contributed by atoms with E-state index in [9.17, 15) is 18.0 Å². The molecule has 220 valence electrons. The van der Waals surface area contributed by atoms with Gasteiger partial charge in [-0.2, -0.15) is 18.4 Å². The van der Waals surface area contributed by atoms with Crippen LogP contribution < -0.4 is 9.64 Å². The van der Waals surface area contributed by atoms with E-state index in [1.165, 1.54) is 6.07 Å². The number of anilines is 1. The van der Waals surface area contributed by atoms with Crippen LogP contribution in [0.5, 0.6) is 5.88 Å². The van der Waals surface area contributed by atoms with Crippen LogP contribution in [0.4, 0.5) is 19.0 Å². The fraction of sp³-hybridized carbons (Fsp3) is 0.419. The number of benzene rings is 1. The van der Waals surface area contributed by atoms with Crippen molar-refractivity contribution in [2.24, 2.45) is 11.8 Å². The van der Waals surface area contributed by atoms with Gasteiger partial charge in [0, 0.05) is 67.4 Å². The van der Waals surface area contributed by atoms with Gasteiger partial charge in [-0.15, -0.1) is 0 Å². The van der Waals surface area contributed by atoms with E-state index in [0.717, 1.165) is 23.6 Å². The molecule has 0 aliphatic carbocycles. The highest BCUT2D eigenvalue weighted by Gasteiger charge is 2.39. The van der Waals surface area contributed by atoms with Crippen molar-refractivity contribution in [2.45, 2.75) is 44.4 Å². The number of hydrogen-bond donors (Lipinski definition) is 0. The second-order valence-corrected chi connectivity index (χ2v) is 11.3. The van der Waals surface area contributed by atoms with E-state index < -0.39 is 11.7 Å². The summed E-state index contributed by atoms with van der Waals surface area (Å²) in [5.74, 6) is 0.938. The molecule has 0 spiro atoms. The van der Waals surface area contributed by atoms with Crippen molar-refractivity contribution in [3.63, 3.8) is 0 Å². The Morgan fingerprint density at radius 3 is 2.36 bits per heavy atom. The highest BCUT2D eigenvalue weighted by atomic mass is 35.5. The van der Waals surface area contributed by atoms with E-state index in [0.29, 0.717) is 56.0 Å². The van der Waals surface area contributed by atoms with Gasteiger partial charge in [-0.05, 0) is 62.1 Å². The molecule has 0 saturated carbocycles. The molecule has 5 rings (SSSR count). The molecule has 3 atom stereocenters. The summed E-state index contributed by atoms with van der Waals surface area (Å²) in [6, 6.07) is 15.4. The minimum Gasteiger partial charge on any atom is -0.474 e. The van der Waals surface area contributed by atoms with Gasteiger partial charge in [0.2, 0.25) is 11.8 Å². The molecule has 2 aliphatic rings. The molecule has 2 aromatic heterocycles. The van der Waals surface area contributed by atoms with Gasteiger partial charge in [-0.3, -0.25) is 4.79 Å². The number of ether oxygens (including phenoxy) is 1. The standard InChI is InChI=1S/C31H31ClF3N5O2/c1-20(42-29-9-5-24(18-38-29)31(33,34)35)26-12-15-40(19-27(26)22-3-6-25(32)7-4-22)30(41)23-10-13-39(14-11-23)28-8-2-21(16-36)17-37-28/h2-9,17-18,20,23,26-27H,10-15,19H2,1H3.